The molecule has 2 heterocycles. The molecule has 0 aliphatic heterocycles. The molecule has 0 aliphatic rings. The molecule has 0 amide bonds. The lowest BCUT2D eigenvalue weighted by Gasteiger charge is -2.13. The van der Waals surface area contributed by atoms with Crippen LogP contribution in [0.1, 0.15) is 27.6 Å². The Hall–Kier alpha value is -2.90. The van der Waals surface area contributed by atoms with Crippen molar-refractivity contribution in [2.75, 3.05) is 6.61 Å². The van der Waals surface area contributed by atoms with Gasteiger partial charge in [-0.15, -0.1) is 0 Å². The molecule has 23 heavy (non-hydrogen) atoms. The predicted octanol–water partition coefficient (Wildman–Crippen LogP) is 2.16. The van der Waals surface area contributed by atoms with Crippen molar-refractivity contribution >= 4 is 11.9 Å². The van der Waals surface area contributed by atoms with E-state index in [1.165, 1.54) is 6.92 Å². The number of carbonyl (C=O) groups is 2. The summed E-state index contributed by atoms with van der Waals surface area (Å²) in [5.74, 6) is -2.94. The Bertz CT molecular complexity index is 724. The predicted molar refractivity (Wildman–Crippen MR) is 73.6 cm³/mol. The monoisotopic (exact) mass is 322 g/mol. The second kappa shape index (κ2) is 7.39. The van der Waals surface area contributed by atoms with Crippen molar-refractivity contribution in [3.63, 3.8) is 0 Å². The molecule has 1 atom stereocenters. The molecule has 0 fully saturated rings. The number of esters is 2. The normalized spacial score (nSPS) is 11.6. The van der Waals surface area contributed by atoms with Gasteiger partial charge >= 0.3 is 11.9 Å². The van der Waals surface area contributed by atoms with Crippen LogP contribution >= 0.6 is 0 Å². The molecule has 2 rings (SSSR count). The van der Waals surface area contributed by atoms with E-state index in [0.717, 1.165) is 36.9 Å². The first kappa shape index (κ1) is 16.5. The van der Waals surface area contributed by atoms with Crippen LogP contribution in [0.3, 0.4) is 0 Å². The van der Waals surface area contributed by atoms with Gasteiger partial charge in [-0.3, -0.25) is 9.97 Å². The molecule has 2 aromatic rings. The van der Waals surface area contributed by atoms with Crippen LogP contribution in [0.15, 0.2) is 36.9 Å². The second-order valence-corrected chi connectivity index (χ2v) is 4.60. The van der Waals surface area contributed by atoms with Gasteiger partial charge in [-0.05, 0) is 19.1 Å². The van der Waals surface area contributed by atoms with E-state index in [9.17, 15) is 18.4 Å². The van der Waals surface area contributed by atoms with Crippen LogP contribution < -0.4 is 0 Å². The van der Waals surface area contributed by atoms with Gasteiger partial charge in [-0.1, -0.05) is 0 Å². The maximum atomic E-state index is 13.0. The van der Waals surface area contributed by atoms with Gasteiger partial charge in [-0.25, -0.2) is 18.4 Å². The van der Waals surface area contributed by atoms with E-state index in [-0.39, 0.29) is 17.7 Å². The van der Waals surface area contributed by atoms with E-state index in [1.807, 2.05) is 0 Å². The van der Waals surface area contributed by atoms with Gasteiger partial charge in [0.1, 0.15) is 24.3 Å². The molecule has 0 saturated heterocycles. The average Bonchev–Trinajstić information content (AvgIpc) is 2.52. The minimum atomic E-state index is -0.799. The molecule has 0 radical (unpaired) electrons. The molecule has 0 spiro atoms. The third-order valence-electron chi connectivity index (χ3n) is 2.64. The number of nitrogens with zero attached hydrogens (tertiary/aromatic N) is 2. The summed E-state index contributed by atoms with van der Waals surface area (Å²) in [4.78, 5) is 30.5. The Morgan fingerprint density at radius 2 is 1.52 bits per heavy atom. The molecule has 0 saturated carbocycles. The molecule has 0 aromatic carbocycles. The van der Waals surface area contributed by atoms with E-state index < -0.39 is 29.7 Å². The number of aromatic nitrogens is 2. The standard InChI is InChI=1S/C15H12F2N2O4/c1-9(23-15(21)11-3-13(17)7-19-5-11)8-22-14(20)10-2-12(16)6-18-4-10/h2-7,9H,8H2,1H3. The third kappa shape index (κ3) is 4.80. The Morgan fingerprint density at radius 1 is 1.00 bits per heavy atom. The van der Waals surface area contributed by atoms with Gasteiger partial charge in [0.2, 0.25) is 0 Å². The fraction of sp³-hybridized carbons (Fsp3) is 0.200. The number of halogens is 2. The number of pyridine rings is 2. The smallest absolute Gasteiger partial charge is 0.340 e. The van der Waals surface area contributed by atoms with Crippen LogP contribution in [0.25, 0.3) is 0 Å². The number of hydrogen-bond donors (Lipinski definition) is 0. The highest BCUT2D eigenvalue weighted by molar-refractivity contribution is 5.89. The topological polar surface area (TPSA) is 78.4 Å². The van der Waals surface area contributed by atoms with Gasteiger partial charge < -0.3 is 9.47 Å². The Labute approximate surface area is 130 Å². The number of hydrogen-bond acceptors (Lipinski definition) is 6. The summed E-state index contributed by atoms with van der Waals surface area (Å²) in [5.41, 5.74) is -0.115. The summed E-state index contributed by atoms with van der Waals surface area (Å²) in [5, 5.41) is 0. The summed E-state index contributed by atoms with van der Waals surface area (Å²) in [6.45, 7) is 1.24. The van der Waals surface area contributed by atoms with Gasteiger partial charge in [-0.2, -0.15) is 0 Å². The van der Waals surface area contributed by atoms with Crippen LogP contribution in [0.2, 0.25) is 0 Å². The van der Waals surface area contributed by atoms with Gasteiger partial charge in [0.25, 0.3) is 0 Å². The van der Waals surface area contributed by atoms with Crippen LogP contribution in [-0.4, -0.2) is 34.6 Å². The van der Waals surface area contributed by atoms with Crippen molar-refractivity contribution in [1.29, 1.82) is 0 Å². The molecule has 6 nitrogen and oxygen atoms in total. The van der Waals surface area contributed by atoms with Crippen LogP contribution in [0, 0.1) is 11.6 Å². The Morgan fingerprint density at radius 3 is 2.04 bits per heavy atom. The highest BCUT2D eigenvalue weighted by Crippen LogP contribution is 2.07. The molecule has 1 unspecified atom stereocenters. The quantitative estimate of drug-likeness (QED) is 0.785. The molecule has 0 N–H and O–H groups in total. The zero-order valence-electron chi connectivity index (χ0n) is 12.0. The highest BCUT2D eigenvalue weighted by atomic mass is 19.1. The van der Waals surface area contributed by atoms with E-state index >= 15 is 0 Å². The van der Waals surface area contributed by atoms with Crippen molar-refractivity contribution in [3.8, 4) is 0 Å². The number of carbonyl (C=O) groups excluding carboxylic acids is 2. The zero-order chi connectivity index (χ0) is 16.8. The first-order valence-corrected chi connectivity index (χ1v) is 6.55. The largest absolute Gasteiger partial charge is 0.458 e. The average molecular weight is 322 g/mol. The van der Waals surface area contributed by atoms with Crippen molar-refractivity contribution < 1.29 is 27.8 Å². The van der Waals surface area contributed by atoms with E-state index in [1.54, 1.807) is 0 Å². The van der Waals surface area contributed by atoms with Crippen LogP contribution in [0.5, 0.6) is 0 Å². The summed E-state index contributed by atoms with van der Waals surface area (Å²) in [6.07, 6.45) is 3.43. The van der Waals surface area contributed by atoms with Crippen LogP contribution in [0.4, 0.5) is 8.78 Å². The Kier molecular flexibility index (Phi) is 5.29. The lowest BCUT2D eigenvalue weighted by atomic mass is 10.3. The van der Waals surface area contributed by atoms with E-state index in [0.29, 0.717) is 0 Å². The zero-order valence-corrected chi connectivity index (χ0v) is 12.0. The molecular formula is C15H12F2N2O4. The van der Waals surface area contributed by atoms with Crippen molar-refractivity contribution in [2.24, 2.45) is 0 Å². The lowest BCUT2D eigenvalue weighted by molar-refractivity contribution is 0.00438. The molecular weight excluding hydrogens is 310 g/mol. The first-order valence-electron chi connectivity index (χ1n) is 6.55. The number of ether oxygens (including phenoxy) is 2. The summed E-state index contributed by atoms with van der Waals surface area (Å²) < 4.78 is 35.8. The second-order valence-electron chi connectivity index (χ2n) is 4.60. The van der Waals surface area contributed by atoms with Crippen molar-refractivity contribution in [2.45, 2.75) is 13.0 Å². The molecule has 8 heteroatoms. The van der Waals surface area contributed by atoms with Gasteiger partial charge in [0, 0.05) is 12.4 Å². The minimum Gasteiger partial charge on any atom is -0.458 e. The highest BCUT2D eigenvalue weighted by Gasteiger charge is 2.16. The van der Waals surface area contributed by atoms with E-state index in [4.69, 9.17) is 9.47 Å². The number of rotatable bonds is 5. The summed E-state index contributed by atoms with van der Waals surface area (Å²) in [6, 6.07) is 1.96. The van der Waals surface area contributed by atoms with Crippen LogP contribution in [-0.2, 0) is 9.47 Å². The van der Waals surface area contributed by atoms with E-state index in [2.05, 4.69) is 9.97 Å². The molecule has 0 aliphatic carbocycles. The summed E-state index contributed by atoms with van der Waals surface area (Å²) in [7, 11) is 0. The van der Waals surface area contributed by atoms with Crippen molar-refractivity contribution in [1.82, 2.24) is 9.97 Å². The SMILES string of the molecule is CC(COC(=O)c1cncc(F)c1)OC(=O)c1cncc(F)c1. The Balaban J connectivity index is 1.86. The minimum absolute atomic E-state index is 0.0575. The fourth-order valence-corrected chi connectivity index (χ4v) is 1.61. The third-order valence-corrected chi connectivity index (χ3v) is 2.64. The lowest BCUT2D eigenvalue weighted by Crippen LogP contribution is -2.22. The maximum Gasteiger partial charge on any atom is 0.340 e. The van der Waals surface area contributed by atoms with Gasteiger partial charge in [0.15, 0.2) is 0 Å². The summed E-state index contributed by atoms with van der Waals surface area (Å²) >= 11 is 0. The molecule has 120 valence electrons. The first-order chi connectivity index (χ1) is 11.0. The molecule has 2 aromatic heterocycles. The maximum absolute atomic E-state index is 13.0. The van der Waals surface area contributed by atoms with Gasteiger partial charge in [0.05, 0.1) is 23.5 Å². The molecule has 0 bridgehead atoms. The van der Waals surface area contributed by atoms with Crippen molar-refractivity contribution in [3.05, 3.63) is 59.7 Å². The fourth-order valence-electron chi connectivity index (χ4n) is 1.61.